The van der Waals surface area contributed by atoms with Crippen LogP contribution in [-0.4, -0.2) is 78.7 Å². The number of rotatable bonds is 10. The van der Waals surface area contributed by atoms with Gasteiger partial charge in [0.2, 0.25) is 5.56 Å². The van der Waals surface area contributed by atoms with Gasteiger partial charge in [-0.05, 0) is 77.5 Å². The van der Waals surface area contributed by atoms with E-state index in [2.05, 4.69) is 71.2 Å². The molecule has 1 aliphatic heterocycles. The molecule has 2 N–H and O–H groups in total. The van der Waals surface area contributed by atoms with Gasteiger partial charge in [0.05, 0.1) is 17.5 Å². The van der Waals surface area contributed by atoms with Crippen molar-refractivity contribution in [3.63, 3.8) is 0 Å². The van der Waals surface area contributed by atoms with Crippen LogP contribution < -0.4 is 10.9 Å². The first kappa shape index (κ1) is 32.6. The highest BCUT2D eigenvalue weighted by Gasteiger charge is 2.30. The Morgan fingerprint density at radius 3 is 2.43 bits per heavy atom. The smallest absolute Gasteiger partial charge is 0.261 e. The molecule has 244 valence electrons. The second kappa shape index (κ2) is 14.2. The number of amides is 1. The summed E-state index contributed by atoms with van der Waals surface area (Å²) in [6, 6.07) is 15.9. The summed E-state index contributed by atoms with van der Waals surface area (Å²) in [5.41, 5.74) is 5.74. The third kappa shape index (κ3) is 7.77. The molecule has 2 aliphatic rings. The van der Waals surface area contributed by atoms with Crippen molar-refractivity contribution in [2.45, 2.75) is 52.5 Å². The molecule has 1 aliphatic carbocycles. The van der Waals surface area contributed by atoms with Crippen LogP contribution in [-0.2, 0) is 17.6 Å². The molecule has 1 aromatic carbocycles. The molecule has 1 saturated heterocycles. The Bertz CT molecular complexity index is 1680. The zero-order valence-electron chi connectivity index (χ0n) is 27.6. The first-order valence-corrected chi connectivity index (χ1v) is 17.4. The number of hydrogen-bond donors (Lipinski definition) is 2. The Kier molecular flexibility index (Phi) is 10.0. The molecule has 4 heterocycles. The average molecular weight is 642 g/mol. The van der Waals surface area contributed by atoms with Crippen LogP contribution in [0.2, 0.25) is 0 Å². The maximum atomic E-state index is 13.8. The van der Waals surface area contributed by atoms with Crippen LogP contribution in [0.4, 0.5) is 0 Å². The van der Waals surface area contributed by atoms with Crippen LogP contribution in [0.15, 0.2) is 59.5 Å². The van der Waals surface area contributed by atoms with Gasteiger partial charge in [-0.1, -0.05) is 45.0 Å². The van der Waals surface area contributed by atoms with Gasteiger partial charge >= 0.3 is 0 Å². The Balaban J connectivity index is 1.18. The van der Waals surface area contributed by atoms with Crippen molar-refractivity contribution in [2.75, 3.05) is 53.0 Å². The fourth-order valence-electron chi connectivity index (χ4n) is 6.79. The number of hydrogen-bond acceptors (Lipinski definition) is 7. The number of aromatic nitrogens is 2. The number of carbonyl (C=O) groups is 1. The number of H-pyrrole nitrogens is 1. The number of thiophene rings is 1. The van der Waals surface area contributed by atoms with Crippen molar-refractivity contribution < 1.29 is 9.53 Å². The quantitative estimate of drug-likeness (QED) is 0.223. The summed E-state index contributed by atoms with van der Waals surface area (Å²) in [4.78, 5) is 39.8. The molecule has 0 radical (unpaired) electrons. The lowest BCUT2D eigenvalue weighted by Crippen LogP contribution is -2.47. The lowest BCUT2D eigenvalue weighted by Gasteiger charge is -2.35. The molecule has 46 heavy (non-hydrogen) atoms. The van der Waals surface area contributed by atoms with E-state index in [1.807, 2.05) is 12.1 Å². The van der Waals surface area contributed by atoms with Crippen LogP contribution >= 0.6 is 11.3 Å². The predicted molar refractivity (Wildman–Crippen MR) is 187 cm³/mol. The zero-order chi connectivity index (χ0) is 32.3. The van der Waals surface area contributed by atoms with Crippen molar-refractivity contribution in [1.29, 1.82) is 0 Å². The van der Waals surface area contributed by atoms with E-state index in [1.165, 1.54) is 29.0 Å². The molecule has 0 spiro atoms. The minimum atomic E-state index is -0.137. The molecule has 8 nitrogen and oxygen atoms in total. The van der Waals surface area contributed by atoms with E-state index in [0.29, 0.717) is 10.8 Å². The largest absolute Gasteiger partial charge is 0.383 e. The Morgan fingerprint density at radius 2 is 1.76 bits per heavy atom. The van der Waals surface area contributed by atoms with Gasteiger partial charge in [0.15, 0.2) is 0 Å². The van der Waals surface area contributed by atoms with E-state index in [-0.39, 0.29) is 22.9 Å². The highest BCUT2D eigenvalue weighted by atomic mass is 32.1. The lowest BCUT2D eigenvalue weighted by molar-refractivity contribution is 0.0896. The monoisotopic (exact) mass is 641 g/mol. The SMILES string of the molecule is COCCN1CCN(CC[C@@H](NC(=O)c2cc3cc4c(nc3s2)CC[C@H](C(C)(C)C)C4)c2ccc(-c3ccc(=O)[nH]c3)cc2)CC1. The highest BCUT2D eigenvalue weighted by Crippen LogP contribution is 2.38. The van der Waals surface area contributed by atoms with Gasteiger partial charge in [0, 0.05) is 69.7 Å². The Morgan fingerprint density at radius 1 is 1.04 bits per heavy atom. The predicted octanol–water partition coefficient (Wildman–Crippen LogP) is 5.93. The van der Waals surface area contributed by atoms with Gasteiger partial charge in [-0.25, -0.2) is 4.98 Å². The summed E-state index contributed by atoms with van der Waals surface area (Å²) < 4.78 is 5.26. The van der Waals surface area contributed by atoms with Crippen LogP contribution in [0, 0.1) is 11.3 Å². The van der Waals surface area contributed by atoms with Crippen molar-refractivity contribution in [3.05, 3.63) is 86.8 Å². The Labute approximate surface area is 276 Å². The second-order valence-electron chi connectivity index (χ2n) is 14.0. The van der Waals surface area contributed by atoms with E-state index in [0.717, 1.165) is 92.0 Å². The number of benzene rings is 1. The molecule has 6 rings (SSSR count). The number of ether oxygens (including phenoxy) is 1. The number of nitrogens with one attached hydrogen (secondary N) is 2. The number of methoxy groups -OCH3 is 1. The van der Waals surface area contributed by atoms with Crippen LogP contribution in [0.25, 0.3) is 21.3 Å². The normalized spacial score (nSPS) is 18.4. The van der Waals surface area contributed by atoms with E-state index in [4.69, 9.17) is 9.72 Å². The van der Waals surface area contributed by atoms with E-state index in [9.17, 15) is 9.59 Å². The first-order chi connectivity index (χ1) is 22.2. The zero-order valence-corrected chi connectivity index (χ0v) is 28.4. The summed E-state index contributed by atoms with van der Waals surface area (Å²) in [7, 11) is 1.75. The fourth-order valence-corrected chi connectivity index (χ4v) is 7.73. The molecule has 0 bridgehead atoms. The summed E-state index contributed by atoms with van der Waals surface area (Å²) in [6.07, 6.45) is 5.77. The van der Waals surface area contributed by atoms with Gasteiger partial charge in [-0.3, -0.25) is 14.5 Å². The van der Waals surface area contributed by atoms with Crippen LogP contribution in [0.5, 0.6) is 0 Å². The fraction of sp³-hybridized carbons (Fsp3) is 0.486. The molecule has 0 saturated carbocycles. The molecule has 9 heteroatoms. The van der Waals surface area contributed by atoms with Crippen LogP contribution in [0.3, 0.4) is 0 Å². The van der Waals surface area contributed by atoms with Crippen molar-refractivity contribution in [2.24, 2.45) is 11.3 Å². The van der Waals surface area contributed by atoms with Gasteiger partial charge in [0.25, 0.3) is 5.91 Å². The summed E-state index contributed by atoms with van der Waals surface area (Å²) >= 11 is 1.50. The standard InChI is InChI=1S/C37H47N5O3S/c1-37(2,3)30-10-11-31-28(22-30)21-29-23-33(46-36(29)40-31)35(44)39-32(13-14-41-15-17-42(18-16-41)19-20-45-4)26-7-5-25(6-8-26)27-9-12-34(43)38-24-27/h5-9,12,21,23-24,30,32H,10-11,13-20,22H2,1-4H3,(H,38,43)(H,39,44)/t30-,32+/m0/s1. The molecule has 2 atom stereocenters. The summed E-state index contributed by atoms with van der Waals surface area (Å²) in [5, 5.41) is 4.46. The van der Waals surface area contributed by atoms with Crippen molar-refractivity contribution in [3.8, 4) is 11.1 Å². The minimum absolute atomic E-state index is 0.0485. The topological polar surface area (TPSA) is 90.6 Å². The molecule has 1 amide bonds. The maximum absolute atomic E-state index is 13.8. The molecular weight excluding hydrogens is 595 g/mol. The summed E-state index contributed by atoms with van der Waals surface area (Å²) in [6.45, 7) is 13.7. The second-order valence-corrected chi connectivity index (χ2v) is 15.0. The number of aryl methyl sites for hydroxylation is 1. The molecular formula is C37H47N5O3S. The van der Waals surface area contributed by atoms with E-state index in [1.54, 1.807) is 19.4 Å². The third-order valence-corrected chi connectivity index (χ3v) is 10.9. The molecule has 1 fully saturated rings. The lowest BCUT2D eigenvalue weighted by atomic mass is 9.71. The van der Waals surface area contributed by atoms with E-state index < -0.39 is 0 Å². The van der Waals surface area contributed by atoms with Crippen LogP contribution in [0.1, 0.15) is 66.1 Å². The first-order valence-electron chi connectivity index (χ1n) is 16.6. The molecule has 3 aromatic heterocycles. The van der Waals surface area contributed by atoms with Gasteiger partial charge in [-0.15, -0.1) is 11.3 Å². The number of fused-ring (bicyclic) bond motifs is 2. The minimum Gasteiger partial charge on any atom is -0.383 e. The maximum Gasteiger partial charge on any atom is 0.261 e. The van der Waals surface area contributed by atoms with Crippen molar-refractivity contribution >= 4 is 27.5 Å². The number of carbonyl (C=O) groups excluding carboxylic acids is 1. The number of pyridine rings is 2. The third-order valence-electron chi connectivity index (χ3n) is 9.87. The molecule has 4 aromatic rings. The van der Waals surface area contributed by atoms with Gasteiger partial charge < -0.3 is 19.9 Å². The Hall–Kier alpha value is -3.37. The summed E-state index contributed by atoms with van der Waals surface area (Å²) in [5.74, 6) is 0.595. The van der Waals surface area contributed by atoms with E-state index >= 15 is 0 Å². The van der Waals surface area contributed by atoms with Gasteiger partial charge in [0.1, 0.15) is 4.83 Å². The molecule has 0 unspecified atom stereocenters. The number of aromatic amines is 1. The van der Waals surface area contributed by atoms with Crippen molar-refractivity contribution in [1.82, 2.24) is 25.1 Å². The highest BCUT2D eigenvalue weighted by molar-refractivity contribution is 7.20. The number of nitrogens with zero attached hydrogens (tertiary/aromatic N) is 3. The van der Waals surface area contributed by atoms with Gasteiger partial charge in [-0.2, -0.15) is 0 Å². The average Bonchev–Trinajstić information content (AvgIpc) is 3.48. The number of piperazine rings is 1.